The van der Waals surface area contributed by atoms with Crippen molar-refractivity contribution in [1.29, 1.82) is 0 Å². The van der Waals surface area contributed by atoms with Crippen LogP contribution in [0.3, 0.4) is 0 Å². The average molecular weight is 249 g/mol. The molecule has 0 spiro atoms. The van der Waals surface area contributed by atoms with Gasteiger partial charge in [-0.05, 0) is 25.0 Å². The fraction of sp³-hybridized carbons (Fsp3) is 0.500. The van der Waals surface area contributed by atoms with Crippen LogP contribution in [0.1, 0.15) is 16.7 Å². The maximum atomic E-state index is 11.3. The molecule has 1 aromatic rings. The zero-order chi connectivity index (χ0) is 13.5. The number of urea groups is 1. The average Bonchev–Trinajstić information content (AvgIpc) is 2.32. The Hall–Kier alpha value is -1.55. The van der Waals surface area contributed by atoms with Gasteiger partial charge >= 0.3 is 6.03 Å². The van der Waals surface area contributed by atoms with Crippen LogP contribution in [0, 0.1) is 13.8 Å². The standard InChI is InChI=1S/C14H23N3O/c1-11-5-6-12(2)13(9-11)10-15-7-8-16-14(18)17(3)4/h5-6,9,15H,7-8,10H2,1-4H3,(H,16,18). The Morgan fingerprint density at radius 2 is 1.94 bits per heavy atom. The molecule has 0 fully saturated rings. The second-order valence-corrected chi connectivity index (χ2v) is 4.73. The molecule has 2 amide bonds. The third kappa shape index (κ3) is 4.75. The number of nitrogens with one attached hydrogen (secondary N) is 2. The predicted octanol–water partition coefficient (Wildman–Crippen LogP) is 1.66. The zero-order valence-electron chi connectivity index (χ0n) is 11.7. The predicted molar refractivity (Wildman–Crippen MR) is 74.7 cm³/mol. The number of rotatable bonds is 5. The number of amides is 2. The van der Waals surface area contributed by atoms with E-state index in [0.717, 1.165) is 13.1 Å². The Labute approximate surface area is 109 Å². The van der Waals surface area contributed by atoms with Crippen LogP contribution in [0.25, 0.3) is 0 Å². The Balaban J connectivity index is 2.26. The number of nitrogens with zero attached hydrogens (tertiary/aromatic N) is 1. The van der Waals surface area contributed by atoms with Crippen LogP contribution in [0.5, 0.6) is 0 Å². The molecule has 0 unspecified atom stereocenters. The lowest BCUT2D eigenvalue weighted by atomic mass is 10.1. The molecule has 0 saturated carbocycles. The second-order valence-electron chi connectivity index (χ2n) is 4.73. The van der Waals surface area contributed by atoms with Crippen LogP contribution in [-0.2, 0) is 6.54 Å². The van der Waals surface area contributed by atoms with Crippen LogP contribution >= 0.6 is 0 Å². The van der Waals surface area contributed by atoms with Crippen LogP contribution in [0.15, 0.2) is 18.2 Å². The summed E-state index contributed by atoms with van der Waals surface area (Å²) in [6, 6.07) is 6.40. The first-order valence-electron chi connectivity index (χ1n) is 6.22. The molecule has 4 heteroatoms. The summed E-state index contributed by atoms with van der Waals surface area (Å²) in [5.41, 5.74) is 3.89. The molecular formula is C14H23N3O. The fourth-order valence-electron chi connectivity index (χ4n) is 1.63. The van der Waals surface area contributed by atoms with E-state index in [1.54, 1.807) is 14.1 Å². The normalized spacial score (nSPS) is 10.2. The molecule has 0 aliphatic heterocycles. The molecule has 0 bridgehead atoms. The van der Waals surface area contributed by atoms with E-state index in [4.69, 9.17) is 0 Å². The van der Waals surface area contributed by atoms with Gasteiger partial charge < -0.3 is 15.5 Å². The van der Waals surface area contributed by atoms with Crippen molar-refractivity contribution in [1.82, 2.24) is 15.5 Å². The van der Waals surface area contributed by atoms with Crippen molar-refractivity contribution in [3.05, 3.63) is 34.9 Å². The summed E-state index contributed by atoms with van der Waals surface area (Å²) in [4.78, 5) is 12.8. The summed E-state index contributed by atoms with van der Waals surface area (Å²) in [7, 11) is 3.47. The van der Waals surface area contributed by atoms with Gasteiger partial charge in [0.2, 0.25) is 0 Å². The molecule has 2 N–H and O–H groups in total. The molecule has 4 nitrogen and oxygen atoms in total. The monoisotopic (exact) mass is 249 g/mol. The van der Waals surface area contributed by atoms with Gasteiger partial charge in [-0.15, -0.1) is 0 Å². The van der Waals surface area contributed by atoms with E-state index in [1.807, 2.05) is 0 Å². The number of carbonyl (C=O) groups is 1. The van der Waals surface area contributed by atoms with Crippen molar-refractivity contribution < 1.29 is 4.79 Å². The Bertz CT molecular complexity index is 402. The van der Waals surface area contributed by atoms with E-state index < -0.39 is 0 Å². The van der Waals surface area contributed by atoms with E-state index in [0.29, 0.717) is 6.54 Å². The first-order valence-corrected chi connectivity index (χ1v) is 6.22. The van der Waals surface area contributed by atoms with Crippen LogP contribution in [0.4, 0.5) is 4.79 Å². The summed E-state index contributed by atoms with van der Waals surface area (Å²) in [5, 5.41) is 6.15. The third-order valence-corrected chi connectivity index (χ3v) is 2.80. The number of hydrogen-bond donors (Lipinski definition) is 2. The molecule has 100 valence electrons. The van der Waals surface area contributed by atoms with Crippen molar-refractivity contribution >= 4 is 6.03 Å². The van der Waals surface area contributed by atoms with Gasteiger partial charge in [-0.3, -0.25) is 0 Å². The lowest BCUT2D eigenvalue weighted by molar-refractivity contribution is 0.217. The SMILES string of the molecule is Cc1ccc(C)c(CNCCNC(=O)N(C)C)c1. The number of carbonyl (C=O) groups excluding carboxylic acids is 1. The molecule has 0 atom stereocenters. The third-order valence-electron chi connectivity index (χ3n) is 2.80. The highest BCUT2D eigenvalue weighted by Crippen LogP contribution is 2.09. The van der Waals surface area contributed by atoms with Crippen molar-refractivity contribution in [3.8, 4) is 0 Å². The second kappa shape index (κ2) is 7.01. The van der Waals surface area contributed by atoms with Gasteiger partial charge in [0.1, 0.15) is 0 Å². The van der Waals surface area contributed by atoms with Crippen molar-refractivity contribution in [2.75, 3.05) is 27.2 Å². The van der Waals surface area contributed by atoms with E-state index in [1.165, 1.54) is 21.6 Å². The molecule has 0 saturated heterocycles. The molecule has 1 rings (SSSR count). The van der Waals surface area contributed by atoms with E-state index in [2.05, 4.69) is 42.7 Å². The molecule has 0 aliphatic rings. The molecule has 0 radical (unpaired) electrons. The molecule has 0 heterocycles. The molecule has 0 aliphatic carbocycles. The quantitative estimate of drug-likeness (QED) is 0.780. The number of aryl methyl sites for hydroxylation is 2. The Morgan fingerprint density at radius 1 is 1.22 bits per heavy atom. The lowest BCUT2D eigenvalue weighted by Crippen LogP contribution is -2.38. The smallest absolute Gasteiger partial charge is 0.316 e. The summed E-state index contributed by atoms with van der Waals surface area (Å²) in [6.45, 7) is 6.46. The largest absolute Gasteiger partial charge is 0.337 e. The highest BCUT2D eigenvalue weighted by atomic mass is 16.2. The number of hydrogen-bond acceptors (Lipinski definition) is 2. The minimum Gasteiger partial charge on any atom is -0.337 e. The lowest BCUT2D eigenvalue weighted by Gasteiger charge is -2.13. The highest BCUT2D eigenvalue weighted by molar-refractivity contribution is 5.73. The van der Waals surface area contributed by atoms with Gasteiger partial charge in [0, 0.05) is 33.7 Å². The molecule has 1 aromatic carbocycles. The summed E-state index contributed by atoms with van der Waals surface area (Å²) < 4.78 is 0. The summed E-state index contributed by atoms with van der Waals surface area (Å²) in [6.07, 6.45) is 0. The van der Waals surface area contributed by atoms with Crippen LogP contribution in [0.2, 0.25) is 0 Å². The van der Waals surface area contributed by atoms with Gasteiger partial charge in [-0.2, -0.15) is 0 Å². The maximum absolute atomic E-state index is 11.3. The van der Waals surface area contributed by atoms with Gasteiger partial charge in [-0.1, -0.05) is 23.8 Å². The first kappa shape index (κ1) is 14.5. The highest BCUT2D eigenvalue weighted by Gasteiger charge is 2.01. The van der Waals surface area contributed by atoms with Crippen LogP contribution < -0.4 is 10.6 Å². The van der Waals surface area contributed by atoms with E-state index in [9.17, 15) is 4.79 Å². The molecule has 18 heavy (non-hydrogen) atoms. The molecular weight excluding hydrogens is 226 g/mol. The van der Waals surface area contributed by atoms with Crippen molar-refractivity contribution in [2.45, 2.75) is 20.4 Å². The molecule has 0 aromatic heterocycles. The summed E-state index contributed by atoms with van der Waals surface area (Å²) in [5.74, 6) is 0. The zero-order valence-corrected chi connectivity index (χ0v) is 11.7. The van der Waals surface area contributed by atoms with Crippen molar-refractivity contribution in [2.24, 2.45) is 0 Å². The Morgan fingerprint density at radius 3 is 2.61 bits per heavy atom. The number of benzene rings is 1. The van der Waals surface area contributed by atoms with Gasteiger partial charge in [0.25, 0.3) is 0 Å². The topological polar surface area (TPSA) is 44.4 Å². The summed E-state index contributed by atoms with van der Waals surface area (Å²) >= 11 is 0. The van der Waals surface area contributed by atoms with E-state index >= 15 is 0 Å². The van der Waals surface area contributed by atoms with Crippen molar-refractivity contribution in [3.63, 3.8) is 0 Å². The Kier molecular flexibility index (Phi) is 5.65. The first-order chi connectivity index (χ1) is 8.50. The van der Waals surface area contributed by atoms with Gasteiger partial charge in [0.05, 0.1) is 0 Å². The minimum atomic E-state index is -0.0523. The maximum Gasteiger partial charge on any atom is 0.316 e. The van der Waals surface area contributed by atoms with Crippen LogP contribution in [-0.4, -0.2) is 38.1 Å². The minimum absolute atomic E-state index is 0.0523. The fourth-order valence-corrected chi connectivity index (χ4v) is 1.63. The van der Waals surface area contributed by atoms with Gasteiger partial charge in [0.15, 0.2) is 0 Å². The van der Waals surface area contributed by atoms with Gasteiger partial charge in [-0.25, -0.2) is 4.79 Å². The van der Waals surface area contributed by atoms with E-state index in [-0.39, 0.29) is 6.03 Å².